The summed E-state index contributed by atoms with van der Waals surface area (Å²) in [5.74, 6) is 0.465. The summed E-state index contributed by atoms with van der Waals surface area (Å²) in [6, 6.07) is 6.00. The van der Waals surface area contributed by atoms with Gasteiger partial charge in [-0.25, -0.2) is 0 Å². The second-order valence-electron chi connectivity index (χ2n) is 4.61. The molecule has 0 amide bonds. The Kier molecular flexibility index (Phi) is 4.96. The molecule has 0 aliphatic heterocycles. The fraction of sp³-hybridized carbons (Fsp3) is 0.538. The summed E-state index contributed by atoms with van der Waals surface area (Å²) >= 11 is 3.49. The van der Waals surface area contributed by atoms with Crippen LogP contribution in [0.15, 0.2) is 22.7 Å². The van der Waals surface area contributed by atoms with Crippen molar-refractivity contribution in [3.8, 4) is 0 Å². The van der Waals surface area contributed by atoms with Crippen LogP contribution in [-0.2, 0) is 0 Å². The summed E-state index contributed by atoms with van der Waals surface area (Å²) in [5.41, 5.74) is 7.82. The number of aliphatic hydroxyl groups is 1. The summed E-state index contributed by atoms with van der Waals surface area (Å²) in [6.45, 7) is 6.70. The van der Waals surface area contributed by atoms with Crippen molar-refractivity contribution in [2.75, 3.05) is 6.54 Å². The van der Waals surface area contributed by atoms with Crippen LogP contribution in [0.25, 0.3) is 0 Å². The van der Waals surface area contributed by atoms with Gasteiger partial charge >= 0.3 is 0 Å². The van der Waals surface area contributed by atoms with Crippen molar-refractivity contribution in [3.05, 3.63) is 33.8 Å². The maximum absolute atomic E-state index is 10.3. The summed E-state index contributed by atoms with van der Waals surface area (Å²) in [5, 5.41) is 10.3. The van der Waals surface area contributed by atoms with Gasteiger partial charge in [-0.05, 0) is 36.6 Å². The zero-order valence-electron chi connectivity index (χ0n) is 10.1. The first-order chi connectivity index (χ1) is 7.47. The third-order valence-corrected chi connectivity index (χ3v) is 3.70. The Balaban J connectivity index is 2.99. The number of benzene rings is 1. The number of aryl methyl sites for hydroxylation is 1. The molecule has 90 valence electrons. The minimum Gasteiger partial charge on any atom is -0.388 e. The molecule has 0 aliphatic carbocycles. The molecule has 0 saturated carbocycles. The molecule has 0 heterocycles. The SMILES string of the molecule is Cc1ccc(C(O)C(CN)C(C)C)c(Br)c1. The lowest BCUT2D eigenvalue weighted by atomic mass is 9.86. The summed E-state index contributed by atoms with van der Waals surface area (Å²) in [7, 11) is 0. The molecule has 0 fully saturated rings. The quantitative estimate of drug-likeness (QED) is 0.893. The zero-order chi connectivity index (χ0) is 12.3. The smallest absolute Gasteiger partial charge is 0.0843 e. The second kappa shape index (κ2) is 5.80. The van der Waals surface area contributed by atoms with E-state index < -0.39 is 6.10 Å². The molecule has 0 aliphatic rings. The molecule has 0 spiro atoms. The maximum atomic E-state index is 10.3. The highest BCUT2D eigenvalue weighted by Gasteiger charge is 2.24. The van der Waals surface area contributed by atoms with Crippen molar-refractivity contribution in [1.29, 1.82) is 0 Å². The Hall–Kier alpha value is -0.380. The molecule has 2 unspecified atom stereocenters. The van der Waals surface area contributed by atoms with Crippen LogP contribution in [0.2, 0.25) is 0 Å². The van der Waals surface area contributed by atoms with Gasteiger partial charge in [-0.15, -0.1) is 0 Å². The van der Waals surface area contributed by atoms with Crippen LogP contribution in [0.3, 0.4) is 0 Å². The molecule has 1 aromatic rings. The Labute approximate surface area is 106 Å². The molecule has 16 heavy (non-hydrogen) atoms. The molecule has 2 atom stereocenters. The Bertz CT molecular complexity index is 352. The minimum absolute atomic E-state index is 0.0963. The van der Waals surface area contributed by atoms with Crippen LogP contribution in [0, 0.1) is 18.8 Å². The number of rotatable bonds is 4. The van der Waals surface area contributed by atoms with Crippen LogP contribution in [0.4, 0.5) is 0 Å². The van der Waals surface area contributed by atoms with E-state index in [1.807, 2.05) is 25.1 Å². The van der Waals surface area contributed by atoms with E-state index in [0.717, 1.165) is 10.0 Å². The summed E-state index contributed by atoms with van der Waals surface area (Å²) < 4.78 is 0.958. The van der Waals surface area contributed by atoms with Crippen molar-refractivity contribution in [1.82, 2.24) is 0 Å². The van der Waals surface area contributed by atoms with Gasteiger partial charge in [0.1, 0.15) is 0 Å². The van der Waals surface area contributed by atoms with E-state index in [1.165, 1.54) is 5.56 Å². The largest absolute Gasteiger partial charge is 0.388 e. The van der Waals surface area contributed by atoms with E-state index in [0.29, 0.717) is 12.5 Å². The predicted octanol–water partition coefficient (Wildman–Crippen LogP) is 3.02. The van der Waals surface area contributed by atoms with E-state index in [2.05, 4.69) is 29.8 Å². The fourth-order valence-corrected chi connectivity index (χ4v) is 2.60. The third kappa shape index (κ3) is 3.06. The zero-order valence-corrected chi connectivity index (χ0v) is 11.7. The topological polar surface area (TPSA) is 46.2 Å². The van der Waals surface area contributed by atoms with Crippen molar-refractivity contribution in [3.63, 3.8) is 0 Å². The van der Waals surface area contributed by atoms with Crippen molar-refractivity contribution < 1.29 is 5.11 Å². The highest BCUT2D eigenvalue weighted by atomic mass is 79.9. The molecule has 1 rings (SSSR count). The van der Waals surface area contributed by atoms with Crippen LogP contribution < -0.4 is 5.73 Å². The molecule has 2 nitrogen and oxygen atoms in total. The number of hydrogen-bond acceptors (Lipinski definition) is 2. The van der Waals surface area contributed by atoms with Gasteiger partial charge in [-0.3, -0.25) is 0 Å². The molecule has 3 heteroatoms. The summed E-state index contributed by atoms with van der Waals surface area (Å²) in [6.07, 6.45) is -0.500. The molecule has 0 aromatic heterocycles. The van der Waals surface area contributed by atoms with Gasteiger partial charge in [-0.1, -0.05) is 41.9 Å². The fourth-order valence-electron chi connectivity index (χ4n) is 1.87. The molecule has 0 saturated heterocycles. The molecule has 1 aromatic carbocycles. The molecular formula is C13H20BrNO. The van der Waals surface area contributed by atoms with Crippen molar-refractivity contribution >= 4 is 15.9 Å². The predicted molar refractivity (Wildman–Crippen MR) is 71.2 cm³/mol. The lowest BCUT2D eigenvalue weighted by Gasteiger charge is -2.26. The Morgan fingerprint density at radius 3 is 2.44 bits per heavy atom. The maximum Gasteiger partial charge on any atom is 0.0843 e. The van der Waals surface area contributed by atoms with Crippen LogP contribution in [0.1, 0.15) is 31.1 Å². The van der Waals surface area contributed by atoms with Crippen LogP contribution in [-0.4, -0.2) is 11.7 Å². The first-order valence-corrected chi connectivity index (χ1v) is 6.40. The van der Waals surface area contributed by atoms with Gasteiger partial charge in [0.05, 0.1) is 6.10 Å². The van der Waals surface area contributed by atoms with Gasteiger partial charge in [0, 0.05) is 10.4 Å². The third-order valence-electron chi connectivity index (χ3n) is 3.01. The summed E-state index contributed by atoms with van der Waals surface area (Å²) in [4.78, 5) is 0. The normalized spacial score (nSPS) is 15.2. The van der Waals surface area contributed by atoms with Crippen molar-refractivity contribution in [2.45, 2.75) is 26.9 Å². The van der Waals surface area contributed by atoms with Crippen LogP contribution in [0.5, 0.6) is 0 Å². The van der Waals surface area contributed by atoms with E-state index in [1.54, 1.807) is 0 Å². The molecule has 0 radical (unpaired) electrons. The average Bonchev–Trinajstić information content (AvgIpc) is 2.17. The monoisotopic (exact) mass is 285 g/mol. The van der Waals surface area contributed by atoms with E-state index in [-0.39, 0.29) is 5.92 Å². The minimum atomic E-state index is -0.500. The lowest BCUT2D eigenvalue weighted by molar-refractivity contribution is 0.0855. The van der Waals surface area contributed by atoms with Crippen molar-refractivity contribution in [2.24, 2.45) is 17.6 Å². The average molecular weight is 286 g/mol. The number of nitrogens with two attached hydrogens (primary N) is 1. The highest BCUT2D eigenvalue weighted by Crippen LogP contribution is 2.32. The first-order valence-electron chi connectivity index (χ1n) is 5.61. The molecular weight excluding hydrogens is 266 g/mol. The molecule has 0 bridgehead atoms. The first kappa shape index (κ1) is 13.7. The van der Waals surface area contributed by atoms with Crippen LogP contribution >= 0.6 is 15.9 Å². The number of halogens is 1. The van der Waals surface area contributed by atoms with E-state index in [4.69, 9.17) is 5.73 Å². The number of hydrogen-bond donors (Lipinski definition) is 2. The van der Waals surface area contributed by atoms with Gasteiger partial charge in [0.2, 0.25) is 0 Å². The van der Waals surface area contributed by atoms with E-state index >= 15 is 0 Å². The number of aliphatic hydroxyl groups excluding tert-OH is 1. The molecule has 3 N–H and O–H groups in total. The Morgan fingerprint density at radius 1 is 1.38 bits per heavy atom. The second-order valence-corrected chi connectivity index (χ2v) is 5.47. The standard InChI is InChI=1S/C13H20BrNO/c1-8(2)11(7-15)13(16)10-5-4-9(3)6-12(10)14/h4-6,8,11,13,16H,7,15H2,1-3H3. The van der Waals surface area contributed by atoms with Gasteiger partial charge in [0.15, 0.2) is 0 Å². The van der Waals surface area contributed by atoms with Gasteiger partial charge < -0.3 is 10.8 Å². The highest BCUT2D eigenvalue weighted by molar-refractivity contribution is 9.10. The lowest BCUT2D eigenvalue weighted by Crippen LogP contribution is -2.26. The van der Waals surface area contributed by atoms with E-state index in [9.17, 15) is 5.11 Å². The van der Waals surface area contributed by atoms with Gasteiger partial charge in [-0.2, -0.15) is 0 Å². The Morgan fingerprint density at radius 2 is 2.00 bits per heavy atom. The van der Waals surface area contributed by atoms with Gasteiger partial charge in [0.25, 0.3) is 0 Å².